The van der Waals surface area contributed by atoms with Gasteiger partial charge in [-0.3, -0.25) is 39.1 Å². The summed E-state index contributed by atoms with van der Waals surface area (Å²) in [7, 11) is 4.48. The zero-order chi connectivity index (χ0) is 61.8. The summed E-state index contributed by atoms with van der Waals surface area (Å²) in [4.78, 5) is 113. The SMILES string of the molecule is COc1cc2cc(c1Cl)N(C)C(=O)C[C@H](OC(=O)Nc1ccc(CC(=O)[C@H](CCCNC(N)=O)NC(=O)[C@@H](CC(=O)CCCCCOC(=O)C3CCC3)C(C)C)c3ncccc13)[C@]1(C)O[C@H]1[C@H](C)[C@@H]1C[C@@](O)(CC(=O)O1)[C@H](OC)/C=C/C=C(\C)C2. The number of Topliss-reactive ketones (excluding diaryl/α,β-unsaturated/α-hetero) is 2. The highest BCUT2D eigenvalue weighted by molar-refractivity contribution is 6.35. The topological polar surface area (TPSA) is 294 Å². The van der Waals surface area contributed by atoms with Crippen LogP contribution in [0.3, 0.4) is 0 Å². The summed E-state index contributed by atoms with van der Waals surface area (Å²) >= 11 is 6.88. The number of aliphatic hydroxyl groups is 1. The summed E-state index contributed by atoms with van der Waals surface area (Å²) in [5.74, 6) is -3.42. The molecule has 4 aliphatic rings. The van der Waals surface area contributed by atoms with E-state index in [2.05, 4.69) is 20.9 Å². The molecule has 2 aromatic carbocycles. The van der Waals surface area contributed by atoms with Gasteiger partial charge in [0.2, 0.25) is 11.8 Å². The van der Waals surface area contributed by atoms with E-state index < -0.39 is 89.8 Å². The molecule has 1 aliphatic carbocycles. The number of primary amides is 1. The van der Waals surface area contributed by atoms with Gasteiger partial charge in [0.1, 0.15) is 46.1 Å². The lowest BCUT2D eigenvalue weighted by atomic mass is 9.78. The number of epoxide rings is 1. The average molecular weight is 1200 g/mol. The minimum Gasteiger partial charge on any atom is -0.495 e. The van der Waals surface area contributed by atoms with E-state index in [1.807, 2.05) is 26.8 Å². The predicted molar refractivity (Wildman–Crippen MR) is 318 cm³/mol. The van der Waals surface area contributed by atoms with Gasteiger partial charge in [0, 0.05) is 69.8 Å². The number of nitrogens with one attached hydrogen (secondary N) is 3. The summed E-state index contributed by atoms with van der Waals surface area (Å²) in [5.41, 5.74) is 5.45. The molecule has 462 valence electrons. The maximum atomic E-state index is 14.6. The number of hydrogen-bond donors (Lipinski definition) is 5. The molecule has 3 aromatic rings. The van der Waals surface area contributed by atoms with E-state index in [-0.39, 0.29) is 91.6 Å². The van der Waals surface area contributed by atoms with E-state index in [0.717, 1.165) is 30.4 Å². The van der Waals surface area contributed by atoms with Crippen molar-refractivity contribution in [2.75, 3.05) is 44.6 Å². The molecule has 9 atom stereocenters. The number of ketones is 2. The molecule has 6 N–H and O–H groups in total. The number of hydrogen-bond acceptors (Lipinski definition) is 16. The normalized spacial score (nSPS) is 25.2. The summed E-state index contributed by atoms with van der Waals surface area (Å²) < 4.78 is 35.3. The smallest absolute Gasteiger partial charge is 0.412 e. The molecule has 2 saturated heterocycles. The molecule has 1 saturated carbocycles. The molecular weight excluding hydrogens is 1120 g/mol. The second-order valence-electron chi connectivity index (χ2n) is 23.6. The van der Waals surface area contributed by atoms with Crippen molar-refractivity contribution in [3.63, 3.8) is 0 Å². The average Bonchev–Trinajstić information content (AvgIpc) is 1.64. The van der Waals surface area contributed by atoms with Crippen molar-refractivity contribution >= 4 is 81.3 Å². The van der Waals surface area contributed by atoms with Gasteiger partial charge >= 0.3 is 24.1 Å². The van der Waals surface area contributed by atoms with Crippen LogP contribution in [0.5, 0.6) is 5.75 Å². The number of allylic oxidation sites excluding steroid dienone is 3. The Bertz CT molecular complexity index is 3020. The van der Waals surface area contributed by atoms with Crippen LogP contribution in [0.1, 0.15) is 129 Å². The lowest BCUT2D eigenvalue weighted by Gasteiger charge is -2.41. The van der Waals surface area contributed by atoms with Crippen molar-refractivity contribution in [2.45, 2.75) is 173 Å². The van der Waals surface area contributed by atoms with Crippen LogP contribution < -0.4 is 31.3 Å². The highest BCUT2D eigenvalue weighted by atomic mass is 35.5. The Labute approximate surface area is 501 Å². The van der Waals surface area contributed by atoms with E-state index in [4.69, 9.17) is 45.8 Å². The van der Waals surface area contributed by atoms with E-state index >= 15 is 0 Å². The lowest BCUT2D eigenvalue weighted by molar-refractivity contribution is -0.187. The number of rotatable bonds is 23. The first-order valence-electron chi connectivity index (χ1n) is 29.4. The van der Waals surface area contributed by atoms with Gasteiger partial charge in [-0.1, -0.05) is 68.7 Å². The van der Waals surface area contributed by atoms with Crippen molar-refractivity contribution < 1.29 is 71.9 Å². The van der Waals surface area contributed by atoms with Crippen molar-refractivity contribution in [1.82, 2.24) is 15.6 Å². The number of fused-ring (bicyclic) bond motifs is 6. The number of urea groups is 1. The Morgan fingerprint density at radius 1 is 1.04 bits per heavy atom. The third-order valence-corrected chi connectivity index (χ3v) is 17.3. The largest absolute Gasteiger partial charge is 0.495 e. The molecule has 3 fully saturated rings. The van der Waals surface area contributed by atoms with Gasteiger partial charge in [0.15, 0.2) is 5.78 Å². The van der Waals surface area contributed by atoms with Gasteiger partial charge in [-0.2, -0.15) is 0 Å². The minimum atomic E-state index is -1.65. The lowest BCUT2D eigenvalue weighted by Crippen LogP contribution is -2.53. The molecule has 4 bridgehead atoms. The number of carbonyl (C=O) groups is 8. The number of pyridine rings is 1. The quantitative estimate of drug-likeness (QED) is 0.0258. The molecule has 3 aliphatic heterocycles. The first kappa shape index (κ1) is 65.6. The molecule has 21 nitrogen and oxygen atoms in total. The summed E-state index contributed by atoms with van der Waals surface area (Å²) in [6.07, 6.45) is 6.98. The zero-order valence-electron chi connectivity index (χ0n) is 50.0. The Morgan fingerprint density at radius 2 is 1.80 bits per heavy atom. The number of unbranched alkanes of at least 4 members (excludes halogenated alkanes) is 2. The van der Waals surface area contributed by atoms with Gasteiger partial charge in [0.25, 0.3) is 0 Å². The maximum absolute atomic E-state index is 14.6. The maximum Gasteiger partial charge on any atom is 0.412 e. The first-order valence-corrected chi connectivity index (χ1v) is 29.8. The van der Waals surface area contributed by atoms with Crippen LogP contribution in [-0.4, -0.2) is 134 Å². The molecule has 0 radical (unpaired) electrons. The van der Waals surface area contributed by atoms with Crippen LogP contribution in [-0.2, 0) is 65.3 Å². The minimum absolute atomic E-state index is 0.00295. The number of benzene rings is 2. The number of anilines is 2. The van der Waals surface area contributed by atoms with E-state index in [9.17, 15) is 43.5 Å². The number of amides is 5. The van der Waals surface area contributed by atoms with Crippen LogP contribution in [0, 0.1) is 23.7 Å². The number of nitrogens with two attached hydrogens (primary N) is 1. The van der Waals surface area contributed by atoms with E-state index in [1.54, 1.807) is 69.4 Å². The Kier molecular flexibility index (Phi) is 22.7. The molecule has 22 heteroatoms. The number of nitrogens with zero attached hydrogens (tertiary/aromatic N) is 2. The summed E-state index contributed by atoms with van der Waals surface area (Å²) in [6, 6.07) is 8.37. The molecule has 7 rings (SSSR count). The molecule has 0 unspecified atom stereocenters. The molecule has 1 aromatic heterocycles. The highest BCUT2D eigenvalue weighted by Crippen LogP contribution is 2.50. The van der Waals surface area contributed by atoms with Gasteiger partial charge in [-0.05, 0) is 113 Å². The zero-order valence-corrected chi connectivity index (χ0v) is 50.8. The van der Waals surface area contributed by atoms with Crippen molar-refractivity contribution in [3.05, 3.63) is 82.5 Å². The monoisotopic (exact) mass is 1200 g/mol. The fraction of sp³-hybridized carbons (Fsp3) is 0.571. The molecule has 0 spiro atoms. The van der Waals surface area contributed by atoms with E-state index in [1.165, 1.54) is 25.3 Å². The first-order chi connectivity index (χ1) is 40.4. The van der Waals surface area contributed by atoms with Crippen molar-refractivity contribution in [2.24, 2.45) is 29.4 Å². The van der Waals surface area contributed by atoms with Gasteiger partial charge in [-0.25, -0.2) is 9.59 Å². The third kappa shape index (κ3) is 16.9. The molecule has 5 amide bonds. The fourth-order valence-electron chi connectivity index (χ4n) is 11.5. The van der Waals surface area contributed by atoms with Crippen LogP contribution >= 0.6 is 11.6 Å². The number of carbonyl (C=O) groups excluding carboxylic acids is 8. The Balaban J connectivity index is 1.09. The number of ether oxygens (including phenoxy) is 6. The van der Waals surface area contributed by atoms with Crippen LogP contribution in [0.2, 0.25) is 5.02 Å². The van der Waals surface area contributed by atoms with Gasteiger partial charge < -0.3 is 54.8 Å². The Hall–Kier alpha value is -6.94. The van der Waals surface area contributed by atoms with E-state index in [0.29, 0.717) is 60.2 Å². The molecular formula is C63H83ClN6O15. The van der Waals surface area contributed by atoms with Crippen molar-refractivity contribution in [1.29, 1.82) is 0 Å². The fourth-order valence-corrected chi connectivity index (χ4v) is 11.9. The molecule has 85 heavy (non-hydrogen) atoms. The number of methoxy groups -OCH3 is 2. The number of halogens is 1. The number of esters is 2. The highest BCUT2D eigenvalue weighted by Gasteiger charge is 2.64. The van der Waals surface area contributed by atoms with Crippen LogP contribution in [0.15, 0.2) is 66.4 Å². The predicted octanol–water partition coefficient (Wildman–Crippen LogP) is 8.35. The second kappa shape index (κ2) is 29.4. The summed E-state index contributed by atoms with van der Waals surface area (Å²) in [6.45, 7) is 9.54. The van der Waals surface area contributed by atoms with Crippen molar-refractivity contribution in [3.8, 4) is 5.75 Å². The molecule has 4 heterocycles. The van der Waals surface area contributed by atoms with Crippen LogP contribution in [0.4, 0.5) is 21.0 Å². The third-order valence-electron chi connectivity index (χ3n) is 17.0. The number of aromatic nitrogens is 1. The second-order valence-corrected chi connectivity index (χ2v) is 24.0. The van der Waals surface area contributed by atoms with Gasteiger partial charge in [0.05, 0.1) is 61.5 Å². The summed E-state index contributed by atoms with van der Waals surface area (Å²) in [5, 5.41) is 20.9. The Morgan fingerprint density at radius 3 is 2.49 bits per heavy atom. The standard InChI is InChI=1S/C63H83ClN6O15/c1-36(2)44(32-42(71)19-10-9-11-27-82-59(76)40-17-13-18-40)58(75)68-46(21-15-26-67-60(65)77)48(72)31-41-23-24-45(43-20-14-25-66-56(41)43)69-61(78)84-52-33-53(73)70(6)47-29-39(30-49(80-7)55(47)64)28-37(3)16-12-22-51(81-8)63(79)34-50(83-54(74)35-63)38(4)57-62(52,5)85-57/h12,14,16,20,22-25,29-30,36,38,40,44,46,50-52,57,79H,9-11,13,15,17-19,21,26-28,31-35H2,1-8H3,(H,68,75)(H,69,78)(H3,65,67,77)/b22-12+,37-16+/t38-,44+,46+,50+,51-,52+,57+,62+,63-/m1/s1. The van der Waals surface area contributed by atoms with Gasteiger partial charge in [-0.15, -0.1) is 0 Å². The van der Waals surface area contributed by atoms with Crippen LogP contribution in [0.25, 0.3) is 10.9 Å².